The van der Waals surface area contributed by atoms with E-state index in [1.54, 1.807) is 0 Å². The number of rotatable bonds is 8. The van der Waals surface area contributed by atoms with E-state index in [9.17, 15) is 0 Å². The molecular weight excluding hydrogens is 364 g/mol. The first-order valence-electron chi connectivity index (χ1n) is 11.3. The Balaban J connectivity index is 1.44. The van der Waals surface area contributed by atoms with Crippen molar-refractivity contribution in [3.05, 3.63) is 102 Å². The Kier molecular flexibility index (Phi) is 6.69. The summed E-state index contributed by atoms with van der Waals surface area (Å²) in [5.74, 6) is 1.57. The Bertz CT molecular complexity index is 966. The second-order valence-corrected chi connectivity index (χ2v) is 8.36. The number of aryl methyl sites for hydroxylation is 2. The van der Waals surface area contributed by atoms with Crippen LogP contribution in [0.1, 0.15) is 54.4 Å². The van der Waals surface area contributed by atoms with E-state index >= 15 is 0 Å². The topological polar surface area (TPSA) is 9.23 Å². The van der Waals surface area contributed by atoms with Crippen LogP contribution in [0.15, 0.2) is 79.4 Å². The highest BCUT2D eigenvalue weighted by atomic mass is 16.5. The van der Waals surface area contributed by atoms with Gasteiger partial charge in [0, 0.05) is 0 Å². The highest BCUT2D eigenvalue weighted by Gasteiger charge is 2.20. The van der Waals surface area contributed by atoms with Gasteiger partial charge in [0.2, 0.25) is 0 Å². The van der Waals surface area contributed by atoms with E-state index in [4.69, 9.17) is 4.74 Å². The summed E-state index contributed by atoms with van der Waals surface area (Å²) in [7, 11) is 0. The summed E-state index contributed by atoms with van der Waals surface area (Å²) in [5, 5.41) is 0. The van der Waals surface area contributed by atoms with Crippen LogP contribution < -0.4 is 4.74 Å². The summed E-state index contributed by atoms with van der Waals surface area (Å²) in [6, 6.07) is 24.8. The van der Waals surface area contributed by atoms with Crippen LogP contribution in [0.3, 0.4) is 0 Å². The molecule has 0 saturated carbocycles. The fraction of sp³-hybridized carbons (Fsp3) is 0.310. The van der Waals surface area contributed by atoms with Crippen LogP contribution >= 0.6 is 0 Å². The zero-order valence-corrected chi connectivity index (χ0v) is 18.1. The van der Waals surface area contributed by atoms with E-state index in [1.807, 2.05) is 6.08 Å². The third-order valence-electron chi connectivity index (χ3n) is 6.20. The number of hydrogen-bond donors (Lipinski definition) is 0. The van der Waals surface area contributed by atoms with Crippen molar-refractivity contribution in [2.75, 3.05) is 6.61 Å². The van der Waals surface area contributed by atoms with Gasteiger partial charge in [0.05, 0.1) is 6.61 Å². The minimum atomic E-state index is 0.644. The molecule has 0 aliphatic heterocycles. The summed E-state index contributed by atoms with van der Waals surface area (Å²) >= 11 is 0. The maximum Gasteiger partial charge on any atom is 0.119 e. The van der Waals surface area contributed by atoms with Crippen molar-refractivity contribution >= 4 is 0 Å². The van der Waals surface area contributed by atoms with Crippen molar-refractivity contribution in [3.8, 4) is 16.9 Å². The molecule has 1 atom stereocenters. The molecule has 0 heterocycles. The first-order chi connectivity index (χ1) is 14.8. The number of fused-ring (bicyclic) bond motifs is 1. The molecule has 3 aromatic carbocycles. The summed E-state index contributed by atoms with van der Waals surface area (Å²) in [6.07, 6.45) is 8.69. The van der Waals surface area contributed by atoms with Gasteiger partial charge in [0.15, 0.2) is 0 Å². The SMILES string of the molecule is C=CCCOc1ccc(-c2ccc3c(c2)CCC(c2ccc(CCC)cc2)C3)cc1. The summed E-state index contributed by atoms with van der Waals surface area (Å²) < 4.78 is 5.73. The quantitative estimate of drug-likeness (QED) is 0.282. The number of hydrogen-bond acceptors (Lipinski definition) is 1. The zero-order chi connectivity index (χ0) is 20.8. The Hall–Kier alpha value is -2.80. The molecule has 4 rings (SSSR count). The second kappa shape index (κ2) is 9.80. The molecule has 0 saturated heterocycles. The van der Waals surface area contributed by atoms with Gasteiger partial charge in [0.25, 0.3) is 0 Å². The molecule has 1 aliphatic carbocycles. The molecule has 154 valence electrons. The second-order valence-electron chi connectivity index (χ2n) is 8.36. The molecule has 0 amide bonds. The lowest BCUT2D eigenvalue weighted by molar-refractivity contribution is 0.325. The first-order valence-corrected chi connectivity index (χ1v) is 11.3. The van der Waals surface area contributed by atoms with Gasteiger partial charge in [-0.05, 0) is 83.5 Å². The monoisotopic (exact) mass is 396 g/mol. The van der Waals surface area contributed by atoms with Crippen molar-refractivity contribution in [2.24, 2.45) is 0 Å². The maximum atomic E-state index is 5.73. The fourth-order valence-corrected chi connectivity index (χ4v) is 4.47. The van der Waals surface area contributed by atoms with E-state index in [0.29, 0.717) is 12.5 Å². The van der Waals surface area contributed by atoms with Gasteiger partial charge in [-0.15, -0.1) is 6.58 Å². The molecule has 1 heteroatoms. The molecule has 0 bridgehead atoms. The molecule has 0 fully saturated rings. The van der Waals surface area contributed by atoms with Crippen LogP contribution in [-0.2, 0) is 19.3 Å². The van der Waals surface area contributed by atoms with E-state index < -0.39 is 0 Å². The Morgan fingerprint density at radius 3 is 2.43 bits per heavy atom. The third kappa shape index (κ3) is 4.84. The van der Waals surface area contributed by atoms with Gasteiger partial charge in [-0.25, -0.2) is 0 Å². The van der Waals surface area contributed by atoms with Gasteiger partial charge in [0.1, 0.15) is 5.75 Å². The molecule has 0 radical (unpaired) electrons. The van der Waals surface area contributed by atoms with Crippen molar-refractivity contribution in [2.45, 2.75) is 51.4 Å². The van der Waals surface area contributed by atoms with Gasteiger partial charge >= 0.3 is 0 Å². The van der Waals surface area contributed by atoms with Crippen molar-refractivity contribution in [3.63, 3.8) is 0 Å². The minimum absolute atomic E-state index is 0.644. The highest BCUT2D eigenvalue weighted by Crippen LogP contribution is 2.35. The minimum Gasteiger partial charge on any atom is -0.493 e. The number of benzene rings is 3. The van der Waals surface area contributed by atoms with Crippen LogP contribution in [0.5, 0.6) is 5.75 Å². The molecule has 0 N–H and O–H groups in total. The smallest absolute Gasteiger partial charge is 0.119 e. The van der Waals surface area contributed by atoms with Crippen LogP contribution in [-0.4, -0.2) is 6.61 Å². The Morgan fingerprint density at radius 1 is 0.933 bits per heavy atom. The summed E-state index contributed by atoms with van der Waals surface area (Å²) in [4.78, 5) is 0. The van der Waals surface area contributed by atoms with E-state index in [0.717, 1.165) is 25.0 Å². The maximum absolute atomic E-state index is 5.73. The highest BCUT2D eigenvalue weighted by molar-refractivity contribution is 5.66. The lowest BCUT2D eigenvalue weighted by Gasteiger charge is -2.26. The molecule has 1 aliphatic rings. The molecule has 0 aromatic heterocycles. The molecule has 30 heavy (non-hydrogen) atoms. The fourth-order valence-electron chi connectivity index (χ4n) is 4.47. The lowest BCUT2D eigenvalue weighted by atomic mass is 9.79. The van der Waals surface area contributed by atoms with Crippen LogP contribution in [0.25, 0.3) is 11.1 Å². The van der Waals surface area contributed by atoms with Crippen molar-refractivity contribution in [1.29, 1.82) is 0 Å². The summed E-state index contributed by atoms with van der Waals surface area (Å²) in [5.41, 5.74) is 8.53. The van der Waals surface area contributed by atoms with Crippen LogP contribution in [0.2, 0.25) is 0 Å². The molecule has 1 nitrogen and oxygen atoms in total. The van der Waals surface area contributed by atoms with Crippen molar-refractivity contribution < 1.29 is 4.74 Å². The Morgan fingerprint density at radius 2 is 1.70 bits per heavy atom. The zero-order valence-electron chi connectivity index (χ0n) is 18.1. The predicted molar refractivity (Wildman–Crippen MR) is 127 cm³/mol. The van der Waals surface area contributed by atoms with Gasteiger partial charge in [-0.2, -0.15) is 0 Å². The number of ether oxygens (including phenoxy) is 1. The molecule has 1 unspecified atom stereocenters. The third-order valence-corrected chi connectivity index (χ3v) is 6.20. The van der Waals surface area contributed by atoms with Crippen molar-refractivity contribution in [1.82, 2.24) is 0 Å². The average molecular weight is 397 g/mol. The predicted octanol–water partition coefficient (Wildman–Crippen LogP) is 7.53. The van der Waals surface area contributed by atoms with Crippen LogP contribution in [0, 0.1) is 0 Å². The molecular formula is C29H32O. The van der Waals surface area contributed by atoms with E-state index in [-0.39, 0.29) is 0 Å². The van der Waals surface area contributed by atoms with E-state index in [1.165, 1.54) is 52.6 Å². The van der Waals surface area contributed by atoms with Crippen LogP contribution in [0.4, 0.5) is 0 Å². The lowest BCUT2D eigenvalue weighted by Crippen LogP contribution is -2.13. The average Bonchev–Trinajstić information content (AvgIpc) is 2.80. The molecule has 3 aromatic rings. The van der Waals surface area contributed by atoms with Gasteiger partial charge in [-0.3, -0.25) is 0 Å². The standard InChI is InChI=1S/C29H32O/c1-3-5-19-30-29-17-15-24(16-18-29)26-12-14-27-20-25(11-13-28(27)21-26)23-9-7-22(6-4-2)8-10-23/h3,7-10,12,14-18,21,25H,1,4-6,11,13,19-20H2,2H3. The summed E-state index contributed by atoms with van der Waals surface area (Å²) in [6.45, 7) is 6.66. The van der Waals surface area contributed by atoms with Gasteiger partial charge < -0.3 is 4.74 Å². The normalized spacial score (nSPS) is 15.4. The van der Waals surface area contributed by atoms with Gasteiger partial charge in [-0.1, -0.05) is 74.0 Å². The molecule has 0 spiro atoms. The first kappa shape index (κ1) is 20.5. The largest absolute Gasteiger partial charge is 0.493 e. The van der Waals surface area contributed by atoms with E-state index in [2.05, 4.69) is 80.2 Å². The Labute approximate surface area is 181 Å².